The van der Waals surface area contributed by atoms with Gasteiger partial charge in [0.05, 0.1) is 11.5 Å². The van der Waals surface area contributed by atoms with Crippen molar-refractivity contribution >= 4 is 17.3 Å². The number of rotatable bonds is 4. The predicted octanol–water partition coefficient (Wildman–Crippen LogP) is 4.18. The molecule has 2 nitrogen and oxygen atoms in total. The van der Waals surface area contributed by atoms with Crippen LogP contribution in [0.15, 0.2) is 41.8 Å². The first-order chi connectivity index (χ1) is 9.38. The van der Waals surface area contributed by atoms with E-state index < -0.39 is 23.6 Å². The summed E-state index contributed by atoms with van der Waals surface area (Å²) in [6.07, 6.45) is -4.38. The van der Waals surface area contributed by atoms with Gasteiger partial charge in [-0.25, -0.2) is 0 Å². The Kier molecular flexibility index (Phi) is 4.13. The van der Waals surface area contributed by atoms with Crippen molar-refractivity contribution in [2.24, 2.45) is 0 Å². The van der Waals surface area contributed by atoms with Gasteiger partial charge in [-0.3, -0.25) is 4.79 Å². The first kappa shape index (κ1) is 14.6. The molecule has 0 bridgehead atoms. The zero-order chi connectivity index (χ0) is 14.8. The normalized spacial score (nSPS) is 13.2. The van der Waals surface area contributed by atoms with Gasteiger partial charge in [0.15, 0.2) is 0 Å². The lowest BCUT2D eigenvalue weighted by molar-refractivity contribution is -0.138. The van der Waals surface area contributed by atoms with Crippen molar-refractivity contribution in [2.45, 2.75) is 18.5 Å². The lowest BCUT2D eigenvalue weighted by Crippen LogP contribution is -2.14. The number of carbonyl (C=O) groups is 1. The van der Waals surface area contributed by atoms with Crippen LogP contribution in [-0.2, 0) is 17.4 Å². The van der Waals surface area contributed by atoms with E-state index in [0.29, 0.717) is 10.4 Å². The molecule has 0 amide bonds. The van der Waals surface area contributed by atoms with E-state index in [1.165, 1.54) is 23.5 Å². The Labute approximate surface area is 117 Å². The molecular weight excluding hydrogens is 289 g/mol. The van der Waals surface area contributed by atoms with Gasteiger partial charge in [0.1, 0.15) is 0 Å². The largest absolute Gasteiger partial charge is 0.481 e. The summed E-state index contributed by atoms with van der Waals surface area (Å²) in [5, 5.41) is 11.0. The summed E-state index contributed by atoms with van der Waals surface area (Å²) in [5.41, 5.74) is -0.397. The van der Waals surface area contributed by atoms with Crippen LogP contribution in [0, 0.1) is 0 Å². The summed E-state index contributed by atoms with van der Waals surface area (Å²) in [5.74, 6) is -1.86. The molecule has 1 aromatic carbocycles. The monoisotopic (exact) mass is 300 g/mol. The van der Waals surface area contributed by atoms with E-state index in [1.54, 1.807) is 17.5 Å². The highest BCUT2D eigenvalue weighted by Gasteiger charge is 2.31. The van der Waals surface area contributed by atoms with Crippen molar-refractivity contribution in [1.82, 2.24) is 0 Å². The Morgan fingerprint density at radius 2 is 2.00 bits per heavy atom. The van der Waals surface area contributed by atoms with E-state index in [4.69, 9.17) is 0 Å². The second-order valence-electron chi connectivity index (χ2n) is 4.31. The molecule has 1 atom stereocenters. The van der Waals surface area contributed by atoms with Gasteiger partial charge in [-0.1, -0.05) is 24.3 Å². The molecule has 0 aliphatic carbocycles. The Morgan fingerprint density at radius 1 is 1.25 bits per heavy atom. The molecule has 6 heteroatoms. The van der Waals surface area contributed by atoms with Crippen LogP contribution in [0.3, 0.4) is 0 Å². The molecular formula is C14H11F3O2S. The molecule has 0 saturated heterocycles. The van der Waals surface area contributed by atoms with Crippen molar-refractivity contribution < 1.29 is 23.1 Å². The summed E-state index contributed by atoms with van der Waals surface area (Å²) in [6.45, 7) is 0. The van der Waals surface area contributed by atoms with Crippen molar-refractivity contribution in [2.75, 3.05) is 0 Å². The number of aliphatic carboxylic acids is 1. The highest BCUT2D eigenvalue weighted by atomic mass is 32.1. The summed E-state index contributed by atoms with van der Waals surface area (Å²) in [4.78, 5) is 11.9. The van der Waals surface area contributed by atoms with Crippen LogP contribution in [0.25, 0.3) is 0 Å². The first-order valence-corrected chi connectivity index (χ1v) is 6.68. The molecule has 1 unspecified atom stereocenters. The van der Waals surface area contributed by atoms with Gasteiger partial charge < -0.3 is 5.11 Å². The number of benzene rings is 1. The fourth-order valence-corrected chi connectivity index (χ4v) is 2.73. The van der Waals surface area contributed by atoms with Gasteiger partial charge in [-0.05, 0) is 29.5 Å². The second-order valence-corrected chi connectivity index (χ2v) is 5.29. The maximum absolute atomic E-state index is 12.6. The number of hydrogen-bond acceptors (Lipinski definition) is 2. The van der Waals surface area contributed by atoms with Crippen LogP contribution < -0.4 is 0 Å². The van der Waals surface area contributed by atoms with Crippen LogP contribution in [-0.4, -0.2) is 11.1 Å². The van der Waals surface area contributed by atoms with Crippen molar-refractivity contribution in [3.63, 3.8) is 0 Å². The maximum atomic E-state index is 12.6. The van der Waals surface area contributed by atoms with E-state index in [1.807, 2.05) is 0 Å². The van der Waals surface area contributed by atoms with Crippen LogP contribution in [0.1, 0.15) is 21.9 Å². The predicted molar refractivity (Wildman–Crippen MR) is 69.8 cm³/mol. The summed E-state index contributed by atoms with van der Waals surface area (Å²) < 4.78 is 37.9. The van der Waals surface area contributed by atoms with Crippen LogP contribution in [0.2, 0.25) is 0 Å². The Bertz CT molecular complexity index is 591. The van der Waals surface area contributed by atoms with E-state index in [9.17, 15) is 23.1 Å². The minimum Gasteiger partial charge on any atom is -0.481 e. The molecule has 106 valence electrons. The lowest BCUT2D eigenvalue weighted by Gasteiger charge is -2.12. The first-order valence-electron chi connectivity index (χ1n) is 5.80. The molecule has 0 spiro atoms. The Hall–Kier alpha value is -1.82. The van der Waals surface area contributed by atoms with Gasteiger partial charge in [-0.2, -0.15) is 13.2 Å². The summed E-state index contributed by atoms with van der Waals surface area (Å²) in [6, 6.07) is 8.19. The maximum Gasteiger partial charge on any atom is 0.416 e. The van der Waals surface area contributed by atoms with Crippen molar-refractivity contribution in [1.29, 1.82) is 0 Å². The zero-order valence-corrected chi connectivity index (χ0v) is 11.0. The Balaban J connectivity index is 2.26. The fraction of sp³-hybridized carbons (Fsp3) is 0.214. The standard InChI is InChI=1S/C14H11F3O2S/c15-14(16,17)10-4-1-3-9(7-10)8-11(13(18)19)12-5-2-6-20-12/h1-7,11H,8H2,(H,18,19). The molecule has 20 heavy (non-hydrogen) atoms. The molecule has 1 heterocycles. The third kappa shape index (κ3) is 3.39. The smallest absolute Gasteiger partial charge is 0.416 e. The SMILES string of the molecule is O=C(O)C(Cc1cccc(C(F)(F)F)c1)c1cccs1. The molecule has 0 fully saturated rings. The van der Waals surface area contributed by atoms with Gasteiger partial charge in [0, 0.05) is 4.88 Å². The average Bonchev–Trinajstić information content (AvgIpc) is 2.88. The average molecular weight is 300 g/mol. The number of halogens is 3. The quantitative estimate of drug-likeness (QED) is 0.919. The molecule has 1 N–H and O–H groups in total. The van der Waals surface area contributed by atoms with Crippen LogP contribution >= 0.6 is 11.3 Å². The Morgan fingerprint density at radius 3 is 2.55 bits per heavy atom. The third-order valence-electron chi connectivity index (χ3n) is 2.88. The van der Waals surface area contributed by atoms with E-state index in [-0.39, 0.29) is 6.42 Å². The number of alkyl halides is 3. The molecule has 0 saturated carbocycles. The minimum absolute atomic E-state index is 0.0414. The molecule has 1 aromatic heterocycles. The summed E-state index contributed by atoms with van der Waals surface area (Å²) in [7, 11) is 0. The lowest BCUT2D eigenvalue weighted by atomic mass is 9.96. The molecule has 0 aliphatic rings. The van der Waals surface area contributed by atoms with Crippen LogP contribution in [0.4, 0.5) is 13.2 Å². The van der Waals surface area contributed by atoms with E-state index in [2.05, 4.69) is 0 Å². The number of carboxylic acids is 1. The third-order valence-corrected chi connectivity index (χ3v) is 3.86. The molecule has 0 aliphatic heterocycles. The molecule has 0 radical (unpaired) electrons. The van der Waals surface area contributed by atoms with E-state index in [0.717, 1.165) is 12.1 Å². The molecule has 2 aromatic rings. The number of carboxylic acid groups (broad SMARTS) is 1. The van der Waals surface area contributed by atoms with Gasteiger partial charge >= 0.3 is 12.1 Å². The van der Waals surface area contributed by atoms with Crippen molar-refractivity contribution in [3.05, 3.63) is 57.8 Å². The van der Waals surface area contributed by atoms with Gasteiger partial charge in [0.2, 0.25) is 0 Å². The minimum atomic E-state index is -4.42. The topological polar surface area (TPSA) is 37.3 Å². The number of hydrogen-bond donors (Lipinski definition) is 1. The number of thiophene rings is 1. The second kappa shape index (κ2) is 5.66. The highest BCUT2D eigenvalue weighted by molar-refractivity contribution is 7.10. The highest BCUT2D eigenvalue weighted by Crippen LogP contribution is 2.31. The zero-order valence-electron chi connectivity index (χ0n) is 10.2. The molecule has 2 rings (SSSR count). The van der Waals surface area contributed by atoms with Crippen LogP contribution in [0.5, 0.6) is 0 Å². The fourth-order valence-electron chi connectivity index (χ4n) is 1.91. The van der Waals surface area contributed by atoms with E-state index >= 15 is 0 Å². The van der Waals surface area contributed by atoms with Gasteiger partial charge in [-0.15, -0.1) is 11.3 Å². The van der Waals surface area contributed by atoms with Crippen molar-refractivity contribution in [3.8, 4) is 0 Å². The summed E-state index contributed by atoms with van der Waals surface area (Å²) >= 11 is 1.29. The van der Waals surface area contributed by atoms with Gasteiger partial charge in [0.25, 0.3) is 0 Å².